The Morgan fingerprint density at radius 3 is 3.10 bits per heavy atom. The standard InChI is InChI=1S/C16H17N3O/c20-16(19-8-6-12-9-17-10-14(12)19)13-5-1-3-11-4-2-7-18-15(11)13/h1-5,7,12,14,17H,6,8-10H2/t12-,14+/m0/s1. The predicted octanol–water partition coefficient (Wildman–Crippen LogP) is 1.67. The second kappa shape index (κ2) is 4.56. The maximum Gasteiger partial charge on any atom is 0.256 e. The van der Waals surface area contributed by atoms with Crippen LogP contribution >= 0.6 is 0 Å². The Labute approximate surface area is 117 Å². The van der Waals surface area contributed by atoms with Gasteiger partial charge < -0.3 is 10.2 Å². The zero-order valence-corrected chi connectivity index (χ0v) is 11.2. The second-order valence-electron chi connectivity index (χ2n) is 5.65. The van der Waals surface area contributed by atoms with Gasteiger partial charge in [0.25, 0.3) is 5.91 Å². The Balaban J connectivity index is 1.74. The minimum Gasteiger partial charge on any atom is -0.334 e. The quantitative estimate of drug-likeness (QED) is 0.855. The molecule has 0 bridgehead atoms. The Morgan fingerprint density at radius 1 is 1.25 bits per heavy atom. The number of likely N-dealkylation sites (tertiary alicyclic amines) is 1. The van der Waals surface area contributed by atoms with Crippen molar-refractivity contribution in [3.8, 4) is 0 Å². The van der Waals surface area contributed by atoms with E-state index >= 15 is 0 Å². The first-order valence-corrected chi connectivity index (χ1v) is 7.20. The van der Waals surface area contributed by atoms with Crippen molar-refractivity contribution in [2.75, 3.05) is 19.6 Å². The van der Waals surface area contributed by atoms with Crippen LogP contribution in [0.4, 0.5) is 0 Å². The van der Waals surface area contributed by atoms with Crippen molar-refractivity contribution in [1.82, 2.24) is 15.2 Å². The lowest BCUT2D eigenvalue weighted by atomic mass is 10.0. The van der Waals surface area contributed by atoms with Gasteiger partial charge in [0.1, 0.15) is 0 Å². The normalized spacial score (nSPS) is 25.1. The summed E-state index contributed by atoms with van der Waals surface area (Å²) >= 11 is 0. The molecule has 0 unspecified atom stereocenters. The Kier molecular flexibility index (Phi) is 2.70. The van der Waals surface area contributed by atoms with Crippen LogP contribution in [0.3, 0.4) is 0 Å². The van der Waals surface area contributed by atoms with Crippen molar-refractivity contribution in [2.24, 2.45) is 5.92 Å². The first kappa shape index (κ1) is 11.9. The van der Waals surface area contributed by atoms with E-state index in [1.807, 2.05) is 35.2 Å². The van der Waals surface area contributed by atoms with Gasteiger partial charge in [-0.15, -0.1) is 0 Å². The van der Waals surface area contributed by atoms with E-state index in [9.17, 15) is 4.79 Å². The average molecular weight is 267 g/mol. The van der Waals surface area contributed by atoms with Crippen LogP contribution < -0.4 is 5.32 Å². The number of aromatic nitrogens is 1. The van der Waals surface area contributed by atoms with Gasteiger partial charge in [-0.2, -0.15) is 0 Å². The number of benzene rings is 1. The van der Waals surface area contributed by atoms with E-state index < -0.39 is 0 Å². The van der Waals surface area contributed by atoms with E-state index in [4.69, 9.17) is 0 Å². The molecule has 2 aliphatic heterocycles. The molecule has 2 aliphatic rings. The first-order valence-electron chi connectivity index (χ1n) is 7.20. The van der Waals surface area contributed by atoms with E-state index in [1.165, 1.54) is 0 Å². The smallest absolute Gasteiger partial charge is 0.256 e. The van der Waals surface area contributed by atoms with Crippen molar-refractivity contribution in [3.63, 3.8) is 0 Å². The molecule has 2 fully saturated rings. The number of hydrogen-bond acceptors (Lipinski definition) is 3. The fourth-order valence-corrected chi connectivity index (χ4v) is 3.53. The van der Waals surface area contributed by atoms with E-state index in [0.29, 0.717) is 12.0 Å². The van der Waals surface area contributed by atoms with Gasteiger partial charge in [-0.3, -0.25) is 9.78 Å². The van der Waals surface area contributed by atoms with Gasteiger partial charge in [-0.05, 0) is 24.5 Å². The van der Waals surface area contributed by atoms with Crippen LogP contribution in [-0.2, 0) is 0 Å². The van der Waals surface area contributed by atoms with Crippen molar-refractivity contribution in [2.45, 2.75) is 12.5 Å². The summed E-state index contributed by atoms with van der Waals surface area (Å²) < 4.78 is 0. The van der Waals surface area contributed by atoms with Crippen molar-refractivity contribution in [3.05, 3.63) is 42.1 Å². The molecule has 2 aromatic rings. The Bertz CT molecular complexity index is 664. The van der Waals surface area contributed by atoms with Gasteiger partial charge in [-0.1, -0.05) is 18.2 Å². The number of carbonyl (C=O) groups excluding carboxylic acids is 1. The number of carbonyl (C=O) groups is 1. The molecule has 4 nitrogen and oxygen atoms in total. The van der Waals surface area contributed by atoms with Crippen molar-refractivity contribution >= 4 is 16.8 Å². The summed E-state index contributed by atoms with van der Waals surface area (Å²) in [5.74, 6) is 0.757. The molecule has 1 aromatic heterocycles. The molecule has 20 heavy (non-hydrogen) atoms. The molecule has 2 saturated heterocycles. The molecule has 0 saturated carbocycles. The average Bonchev–Trinajstić information content (AvgIpc) is 3.09. The minimum atomic E-state index is 0.130. The van der Waals surface area contributed by atoms with Crippen LogP contribution in [0.2, 0.25) is 0 Å². The molecule has 1 amide bonds. The van der Waals surface area contributed by atoms with Crippen molar-refractivity contribution in [1.29, 1.82) is 0 Å². The number of para-hydroxylation sites is 1. The highest BCUT2D eigenvalue weighted by molar-refractivity contribution is 6.05. The van der Waals surface area contributed by atoms with Gasteiger partial charge in [0.2, 0.25) is 0 Å². The molecular formula is C16H17N3O. The maximum atomic E-state index is 12.9. The van der Waals surface area contributed by atoms with Gasteiger partial charge in [0, 0.05) is 37.3 Å². The molecule has 4 rings (SSSR count). The molecule has 3 heterocycles. The summed E-state index contributed by atoms with van der Waals surface area (Å²) in [7, 11) is 0. The van der Waals surface area contributed by atoms with Crippen molar-refractivity contribution < 1.29 is 4.79 Å². The first-order chi connectivity index (χ1) is 9.84. The Hall–Kier alpha value is -1.94. The van der Waals surface area contributed by atoms with Gasteiger partial charge in [-0.25, -0.2) is 0 Å². The topological polar surface area (TPSA) is 45.2 Å². The predicted molar refractivity (Wildman–Crippen MR) is 77.5 cm³/mol. The number of nitrogens with zero attached hydrogens (tertiary/aromatic N) is 2. The molecule has 0 aliphatic carbocycles. The molecule has 4 heteroatoms. The fraction of sp³-hybridized carbons (Fsp3) is 0.375. The number of fused-ring (bicyclic) bond motifs is 2. The number of pyridine rings is 1. The minimum absolute atomic E-state index is 0.130. The highest BCUT2D eigenvalue weighted by atomic mass is 16.2. The third-order valence-corrected chi connectivity index (χ3v) is 4.57. The van der Waals surface area contributed by atoms with E-state index in [1.54, 1.807) is 6.20 Å². The summed E-state index contributed by atoms with van der Waals surface area (Å²) in [6.45, 7) is 2.84. The highest BCUT2D eigenvalue weighted by Gasteiger charge is 2.40. The largest absolute Gasteiger partial charge is 0.334 e. The fourth-order valence-electron chi connectivity index (χ4n) is 3.53. The zero-order valence-electron chi connectivity index (χ0n) is 11.2. The van der Waals surface area contributed by atoms with Crippen LogP contribution in [0.5, 0.6) is 0 Å². The number of hydrogen-bond donors (Lipinski definition) is 1. The molecule has 0 spiro atoms. The molecule has 1 aromatic carbocycles. The second-order valence-corrected chi connectivity index (χ2v) is 5.65. The molecular weight excluding hydrogens is 250 g/mol. The monoisotopic (exact) mass is 267 g/mol. The summed E-state index contributed by atoms with van der Waals surface area (Å²) in [5, 5.41) is 4.41. The summed E-state index contributed by atoms with van der Waals surface area (Å²) in [5.41, 5.74) is 1.55. The SMILES string of the molecule is O=C(c1cccc2cccnc12)N1CC[C@H]2CNC[C@H]21. The lowest BCUT2D eigenvalue weighted by Crippen LogP contribution is -2.39. The molecule has 1 N–H and O–H groups in total. The van der Waals surface area contributed by atoms with Gasteiger partial charge in [0.05, 0.1) is 11.1 Å². The van der Waals surface area contributed by atoms with Gasteiger partial charge >= 0.3 is 0 Å². The summed E-state index contributed by atoms with van der Waals surface area (Å²) in [4.78, 5) is 19.3. The highest BCUT2D eigenvalue weighted by Crippen LogP contribution is 2.29. The summed E-state index contributed by atoms with van der Waals surface area (Å²) in [6, 6.07) is 10.1. The van der Waals surface area contributed by atoms with E-state index in [-0.39, 0.29) is 5.91 Å². The molecule has 102 valence electrons. The van der Waals surface area contributed by atoms with E-state index in [0.717, 1.165) is 42.5 Å². The van der Waals surface area contributed by atoms with Crippen LogP contribution in [0.25, 0.3) is 10.9 Å². The zero-order chi connectivity index (χ0) is 13.5. The van der Waals surface area contributed by atoms with Crippen LogP contribution in [-0.4, -0.2) is 41.5 Å². The number of nitrogens with one attached hydrogen (secondary N) is 1. The molecule has 2 atom stereocenters. The van der Waals surface area contributed by atoms with E-state index in [2.05, 4.69) is 10.3 Å². The van der Waals surface area contributed by atoms with Crippen LogP contribution in [0, 0.1) is 5.92 Å². The molecule has 0 radical (unpaired) electrons. The Morgan fingerprint density at radius 2 is 2.15 bits per heavy atom. The third-order valence-electron chi connectivity index (χ3n) is 4.57. The number of amides is 1. The number of rotatable bonds is 1. The lowest BCUT2D eigenvalue weighted by molar-refractivity contribution is 0.0739. The lowest BCUT2D eigenvalue weighted by Gasteiger charge is -2.23. The summed E-state index contributed by atoms with van der Waals surface area (Å²) in [6.07, 6.45) is 2.87. The van der Waals surface area contributed by atoms with Crippen LogP contribution in [0.1, 0.15) is 16.8 Å². The maximum absolute atomic E-state index is 12.9. The van der Waals surface area contributed by atoms with Gasteiger partial charge in [0.15, 0.2) is 0 Å². The van der Waals surface area contributed by atoms with Crippen LogP contribution in [0.15, 0.2) is 36.5 Å². The third kappa shape index (κ3) is 1.72.